The minimum atomic E-state index is -0.119. The van der Waals surface area contributed by atoms with Crippen molar-refractivity contribution in [2.45, 2.75) is 12.8 Å². The van der Waals surface area contributed by atoms with Gasteiger partial charge in [-0.25, -0.2) is 0 Å². The first-order valence-electron chi connectivity index (χ1n) is 8.21. The van der Waals surface area contributed by atoms with Gasteiger partial charge in [-0.2, -0.15) is 0 Å². The molecule has 0 aromatic heterocycles. The van der Waals surface area contributed by atoms with Gasteiger partial charge in [-0.05, 0) is 36.1 Å². The molecule has 0 spiro atoms. The van der Waals surface area contributed by atoms with Crippen LogP contribution in [-0.2, 0) is 0 Å². The average Bonchev–Trinajstić information content (AvgIpc) is 3.46. The van der Waals surface area contributed by atoms with E-state index in [1.165, 1.54) is 4.90 Å². The minimum Gasteiger partial charge on any atom is -0.395 e. The van der Waals surface area contributed by atoms with E-state index in [0.29, 0.717) is 12.1 Å². The van der Waals surface area contributed by atoms with Crippen LogP contribution in [0.5, 0.6) is 0 Å². The molecule has 4 heteroatoms. The summed E-state index contributed by atoms with van der Waals surface area (Å²) in [5.74, 6) is 0.335. The number of ketones is 1. The van der Waals surface area contributed by atoms with Crippen LogP contribution in [0.4, 0.5) is 0 Å². The zero-order chi connectivity index (χ0) is 17.1. The molecule has 1 saturated carbocycles. The summed E-state index contributed by atoms with van der Waals surface area (Å²) in [5.41, 5.74) is 3.25. The lowest BCUT2D eigenvalue weighted by atomic mass is 9.99. The van der Waals surface area contributed by atoms with Crippen molar-refractivity contribution in [3.8, 4) is 11.1 Å². The van der Waals surface area contributed by atoms with Crippen LogP contribution in [0.3, 0.4) is 0 Å². The Morgan fingerprint density at radius 1 is 1.04 bits per heavy atom. The Labute approximate surface area is 141 Å². The van der Waals surface area contributed by atoms with Crippen LogP contribution in [0, 0.1) is 5.92 Å². The van der Waals surface area contributed by atoms with Crippen molar-refractivity contribution in [2.75, 3.05) is 20.2 Å². The third kappa shape index (κ3) is 3.54. The number of carbonyl (C=O) groups is 2. The van der Waals surface area contributed by atoms with Crippen molar-refractivity contribution in [1.82, 2.24) is 4.90 Å². The smallest absolute Gasteiger partial charge is 0.253 e. The number of amides is 1. The van der Waals surface area contributed by atoms with E-state index in [4.69, 9.17) is 5.11 Å². The quantitative estimate of drug-likeness (QED) is 0.831. The topological polar surface area (TPSA) is 57.6 Å². The molecule has 1 aliphatic rings. The second-order valence-electron chi connectivity index (χ2n) is 6.25. The molecule has 1 fully saturated rings. The summed E-state index contributed by atoms with van der Waals surface area (Å²) in [6.07, 6.45) is 2.01. The fourth-order valence-electron chi connectivity index (χ4n) is 2.71. The molecule has 0 bridgehead atoms. The third-order valence-electron chi connectivity index (χ3n) is 4.34. The van der Waals surface area contributed by atoms with Crippen LogP contribution in [0.1, 0.15) is 33.6 Å². The first-order valence-corrected chi connectivity index (χ1v) is 8.21. The van der Waals surface area contributed by atoms with Crippen molar-refractivity contribution in [2.24, 2.45) is 5.92 Å². The van der Waals surface area contributed by atoms with Crippen molar-refractivity contribution >= 4 is 11.7 Å². The number of hydrogen-bond acceptors (Lipinski definition) is 3. The number of rotatable bonds is 6. The molecule has 2 aromatic carbocycles. The van der Waals surface area contributed by atoms with Gasteiger partial charge in [-0.1, -0.05) is 36.4 Å². The van der Waals surface area contributed by atoms with Crippen molar-refractivity contribution in [1.29, 1.82) is 0 Å². The van der Waals surface area contributed by atoms with Gasteiger partial charge < -0.3 is 10.0 Å². The van der Waals surface area contributed by atoms with Crippen molar-refractivity contribution in [3.63, 3.8) is 0 Å². The molecule has 0 saturated heterocycles. The van der Waals surface area contributed by atoms with Gasteiger partial charge in [0.1, 0.15) is 0 Å². The van der Waals surface area contributed by atoms with Crippen LogP contribution in [0.2, 0.25) is 0 Å². The van der Waals surface area contributed by atoms with E-state index >= 15 is 0 Å². The second kappa shape index (κ2) is 6.97. The predicted molar refractivity (Wildman–Crippen MR) is 93.0 cm³/mol. The molecular weight excluding hydrogens is 302 g/mol. The first kappa shape index (κ1) is 16.4. The third-order valence-corrected chi connectivity index (χ3v) is 4.34. The van der Waals surface area contributed by atoms with E-state index in [1.54, 1.807) is 13.1 Å². The highest BCUT2D eigenvalue weighted by molar-refractivity contribution is 5.99. The Bertz CT molecular complexity index is 748. The number of hydrogen-bond donors (Lipinski definition) is 1. The zero-order valence-electron chi connectivity index (χ0n) is 13.7. The lowest BCUT2D eigenvalue weighted by Gasteiger charge is -2.16. The molecule has 4 nitrogen and oxygen atoms in total. The molecule has 0 unspecified atom stereocenters. The summed E-state index contributed by atoms with van der Waals surface area (Å²) in [5, 5.41) is 8.96. The number of nitrogens with zero attached hydrogens (tertiary/aromatic N) is 1. The van der Waals surface area contributed by atoms with E-state index in [0.717, 1.165) is 29.5 Å². The van der Waals surface area contributed by atoms with Gasteiger partial charge in [0.15, 0.2) is 5.78 Å². The maximum Gasteiger partial charge on any atom is 0.253 e. The molecule has 0 heterocycles. The maximum absolute atomic E-state index is 12.3. The van der Waals surface area contributed by atoms with Gasteiger partial charge in [-0.3, -0.25) is 9.59 Å². The van der Waals surface area contributed by atoms with Gasteiger partial charge >= 0.3 is 0 Å². The number of carbonyl (C=O) groups excluding carboxylic acids is 2. The van der Waals surface area contributed by atoms with E-state index in [-0.39, 0.29) is 24.2 Å². The Kier molecular flexibility index (Phi) is 4.76. The highest BCUT2D eigenvalue weighted by atomic mass is 16.3. The molecule has 1 N–H and O–H groups in total. The normalized spacial score (nSPS) is 13.6. The van der Waals surface area contributed by atoms with Crippen LogP contribution in [0.25, 0.3) is 11.1 Å². The Morgan fingerprint density at radius 2 is 1.75 bits per heavy atom. The largest absolute Gasteiger partial charge is 0.395 e. The highest BCUT2D eigenvalue weighted by Gasteiger charge is 2.30. The highest BCUT2D eigenvalue weighted by Crippen LogP contribution is 2.33. The summed E-state index contributed by atoms with van der Waals surface area (Å²) in [4.78, 5) is 25.9. The lowest BCUT2D eigenvalue weighted by molar-refractivity contribution is 0.0767. The molecule has 0 aliphatic heterocycles. The predicted octanol–water partition coefficient (Wildman–Crippen LogP) is 3.01. The van der Waals surface area contributed by atoms with Crippen LogP contribution >= 0.6 is 0 Å². The molecule has 1 aliphatic carbocycles. The maximum atomic E-state index is 12.3. The molecule has 1 amide bonds. The summed E-state index contributed by atoms with van der Waals surface area (Å²) < 4.78 is 0. The number of Topliss-reactive ketones (excluding diaryl/α,β-unsaturated/α-hetero) is 1. The van der Waals surface area contributed by atoms with E-state index in [2.05, 4.69) is 0 Å². The Morgan fingerprint density at radius 3 is 2.38 bits per heavy atom. The van der Waals surface area contributed by atoms with Gasteiger partial charge in [0.2, 0.25) is 0 Å². The van der Waals surface area contributed by atoms with Crippen molar-refractivity contribution < 1.29 is 14.7 Å². The lowest BCUT2D eigenvalue weighted by Crippen LogP contribution is -2.29. The number of aliphatic hydroxyl groups is 1. The van der Waals surface area contributed by atoms with E-state index in [9.17, 15) is 9.59 Å². The monoisotopic (exact) mass is 323 g/mol. The fraction of sp³-hybridized carbons (Fsp3) is 0.300. The summed E-state index contributed by atoms with van der Waals surface area (Å²) in [6.45, 7) is 0.249. The average molecular weight is 323 g/mol. The van der Waals surface area contributed by atoms with Gasteiger partial charge in [0.05, 0.1) is 6.61 Å². The van der Waals surface area contributed by atoms with Gasteiger partial charge in [-0.15, -0.1) is 0 Å². The molecule has 0 atom stereocenters. The fourth-order valence-corrected chi connectivity index (χ4v) is 2.71. The standard InChI is InChI=1S/C20H21NO3/c1-21(11-12-22)20(24)18-4-2-3-17(13-18)14-5-7-15(8-6-14)19(23)16-9-10-16/h2-8,13,16,22H,9-12H2,1H3. The second-order valence-corrected chi connectivity index (χ2v) is 6.25. The summed E-state index contributed by atoms with van der Waals surface area (Å²) >= 11 is 0. The number of benzene rings is 2. The van der Waals surface area contributed by atoms with E-state index in [1.807, 2.05) is 42.5 Å². The Hall–Kier alpha value is -2.46. The zero-order valence-corrected chi connectivity index (χ0v) is 13.7. The summed E-state index contributed by atoms with van der Waals surface area (Å²) in [7, 11) is 1.67. The van der Waals surface area contributed by atoms with Crippen LogP contribution in [0.15, 0.2) is 48.5 Å². The molecule has 3 rings (SSSR count). The molecule has 124 valence electrons. The van der Waals surface area contributed by atoms with Crippen LogP contribution < -0.4 is 0 Å². The van der Waals surface area contributed by atoms with Gasteiger partial charge in [0, 0.05) is 30.6 Å². The van der Waals surface area contributed by atoms with E-state index < -0.39 is 0 Å². The number of likely N-dealkylation sites (N-methyl/N-ethyl adjacent to an activating group) is 1. The molecular formula is C20H21NO3. The SMILES string of the molecule is CN(CCO)C(=O)c1cccc(-c2ccc(C(=O)C3CC3)cc2)c1. The Balaban J connectivity index is 1.80. The molecule has 2 aromatic rings. The van der Waals surface area contributed by atoms with Crippen LogP contribution in [-0.4, -0.2) is 41.9 Å². The van der Waals surface area contributed by atoms with Crippen molar-refractivity contribution in [3.05, 3.63) is 59.7 Å². The summed E-state index contributed by atoms with van der Waals surface area (Å²) in [6, 6.07) is 15.0. The number of aliphatic hydroxyl groups excluding tert-OH is 1. The van der Waals surface area contributed by atoms with Gasteiger partial charge in [0.25, 0.3) is 5.91 Å². The first-order chi connectivity index (χ1) is 11.6. The molecule has 24 heavy (non-hydrogen) atoms. The molecule has 0 radical (unpaired) electrons. The minimum absolute atomic E-state index is 0.0571.